The van der Waals surface area contributed by atoms with E-state index in [0.717, 1.165) is 32.0 Å². The smallest absolute Gasteiger partial charge is 0.0683 e. The molecule has 0 bridgehead atoms. The second-order valence-corrected chi connectivity index (χ2v) is 6.93. The highest BCUT2D eigenvalue weighted by Gasteiger charge is 2.19. The average Bonchev–Trinajstić information content (AvgIpc) is 2.49. The van der Waals surface area contributed by atoms with Crippen LogP contribution in [0.3, 0.4) is 0 Å². The maximum absolute atomic E-state index is 9.00. The van der Waals surface area contributed by atoms with Gasteiger partial charge in [-0.1, -0.05) is 6.42 Å². The number of nitrogens with zero attached hydrogens (tertiary/aromatic N) is 2. The van der Waals surface area contributed by atoms with Gasteiger partial charge in [0.05, 0.1) is 18.1 Å². The zero-order valence-electron chi connectivity index (χ0n) is 14.2. The molecule has 1 aliphatic rings. The van der Waals surface area contributed by atoms with Gasteiger partial charge in [-0.3, -0.25) is 0 Å². The molecule has 1 heterocycles. The second-order valence-electron chi connectivity index (χ2n) is 6.93. The van der Waals surface area contributed by atoms with Gasteiger partial charge < -0.3 is 15.0 Å². The molecule has 0 aromatic rings. The molecule has 4 nitrogen and oxygen atoms in total. The van der Waals surface area contributed by atoms with Crippen LogP contribution in [0.2, 0.25) is 0 Å². The highest BCUT2D eigenvalue weighted by molar-refractivity contribution is 4.91. The Morgan fingerprint density at radius 1 is 1.29 bits per heavy atom. The van der Waals surface area contributed by atoms with E-state index in [0.29, 0.717) is 0 Å². The minimum atomic E-state index is -0.152. The van der Waals surface area contributed by atoms with Crippen molar-refractivity contribution < 1.29 is 4.74 Å². The first-order valence-electron chi connectivity index (χ1n) is 8.40. The Bertz CT molecular complexity index is 304. The maximum atomic E-state index is 9.00. The van der Waals surface area contributed by atoms with E-state index in [1.165, 1.54) is 45.3 Å². The third kappa shape index (κ3) is 8.40. The van der Waals surface area contributed by atoms with Crippen LogP contribution in [0, 0.1) is 22.7 Å². The van der Waals surface area contributed by atoms with Crippen molar-refractivity contribution in [2.24, 2.45) is 11.3 Å². The van der Waals surface area contributed by atoms with Gasteiger partial charge in [-0.2, -0.15) is 5.26 Å². The van der Waals surface area contributed by atoms with Gasteiger partial charge in [-0.05, 0) is 71.6 Å². The van der Waals surface area contributed by atoms with E-state index in [2.05, 4.69) is 16.3 Å². The Kier molecular flexibility index (Phi) is 8.91. The van der Waals surface area contributed by atoms with Gasteiger partial charge in [0.1, 0.15) is 0 Å². The highest BCUT2D eigenvalue weighted by Crippen LogP contribution is 2.22. The van der Waals surface area contributed by atoms with Crippen molar-refractivity contribution in [3.05, 3.63) is 0 Å². The summed E-state index contributed by atoms with van der Waals surface area (Å²) in [4.78, 5) is 2.59. The summed E-state index contributed by atoms with van der Waals surface area (Å²) in [5, 5.41) is 12.5. The van der Waals surface area contributed by atoms with Crippen LogP contribution in [-0.2, 0) is 4.74 Å². The van der Waals surface area contributed by atoms with Gasteiger partial charge in [-0.15, -0.1) is 0 Å². The van der Waals surface area contributed by atoms with E-state index in [9.17, 15) is 0 Å². The Labute approximate surface area is 130 Å². The molecule has 0 amide bonds. The molecular formula is C17H33N3O. The molecule has 0 aromatic carbocycles. The number of ether oxygens (including phenoxy) is 1. The zero-order valence-corrected chi connectivity index (χ0v) is 14.2. The molecule has 1 rings (SSSR count). The van der Waals surface area contributed by atoms with E-state index in [4.69, 9.17) is 10.00 Å². The van der Waals surface area contributed by atoms with Crippen molar-refractivity contribution in [1.82, 2.24) is 10.2 Å². The number of unbranched alkanes of at least 4 members (excludes halogenated alkanes) is 1. The summed E-state index contributed by atoms with van der Waals surface area (Å²) in [5.41, 5.74) is -0.152. The summed E-state index contributed by atoms with van der Waals surface area (Å²) in [5.74, 6) is 0.829. The molecule has 1 saturated heterocycles. The number of methoxy groups -OCH3 is 1. The molecule has 0 unspecified atom stereocenters. The Balaban J connectivity index is 2.02. The first kappa shape index (κ1) is 18.4. The van der Waals surface area contributed by atoms with Gasteiger partial charge in [0.25, 0.3) is 0 Å². The number of piperidine rings is 1. The highest BCUT2D eigenvalue weighted by atomic mass is 16.5. The topological polar surface area (TPSA) is 48.3 Å². The maximum Gasteiger partial charge on any atom is 0.0683 e. The summed E-state index contributed by atoms with van der Waals surface area (Å²) < 4.78 is 5.04. The summed E-state index contributed by atoms with van der Waals surface area (Å²) >= 11 is 0. The van der Waals surface area contributed by atoms with Crippen molar-refractivity contribution in [3.8, 4) is 6.07 Å². The molecule has 0 atom stereocenters. The quantitative estimate of drug-likeness (QED) is 0.630. The predicted molar refractivity (Wildman–Crippen MR) is 87.2 cm³/mol. The normalized spacial score (nSPS) is 17.8. The van der Waals surface area contributed by atoms with Crippen LogP contribution in [0.25, 0.3) is 0 Å². The van der Waals surface area contributed by atoms with Crippen molar-refractivity contribution in [1.29, 1.82) is 5.26 Å². The molecule has 1 aliphatic heterocycles. The van der Waals surface area contributed by atoms with Crippen LogP contribution < -0.4 is 5.32 Å². The Hall–Kier alpha value is -0.630. The number of hydrogen-bond donors (Lipinski definition) is 1. The van der Waals surface area contributed by atoms with E-state index in [-0.39, 0.29) is 5.41 Å². The zero-order chi connectivity index (χ0) is 15.6. The monoisotopic (exact) mass is 295 g/mol. The molecule has 0 aliphatic carbocycles. The number of nitrogens with one attached hydrogen (secondary N) is 1. The largest absolute Gasteiger partial charge is 0.383 e. The van der Waals surface area contributed by atoms with Crippen LogP contribution in [0.15, 0.2) is 0 Å². The van der Waals surface area contributed by atoms with Gasteiger partial charge in [0.2, 0.25) is 0 Å². The molecule has 4 heteroatoms. The fourth-order valence-corrected chi connectivity index (χ4v) is 2.85. The molecule has 21 heavy (non-hydrogen) atoms. The third-order valence-corrected chi connectivity index (χ3v) is 4.45. The number of hydrogen-bond acceptors (Lipinski definition) is 4. The summed E-state index contributed by atoms with van der Waals surface area (Å²) in [7, 11) is 1.75. The fraction of sp³-hybridized carbons (Fsp3) is 0.941. The standard InChI is InChI=1S/C17H33N3O/c1-17(2,15-18)8-4-5-10-20-11-6-16(7-12-20)14-19-9-13-21-3/h16,19H,4-14H2,1-3H3. The fourth-order valence-electron chi connectivity index (χ4n) is 2.85. The van der Waals surface area contributed by atoms with Crippen molar-refractivity contribution >= 4 is 0 Å². The van der Waals surface area contributed by atoms with E-state index in [1.54, 1.807) is 7.11 Å². The predicted octanol–water partition coefficient (Wildman–Crippen LogP) is 2.65. The van der Waals surface area contributed by atoms with Crippen molar-refractivity contribution in [3.63, 3.8) is 0 Å². The van der Waals surface area contributed by atoms with E-state index in [1.807, 2.05) is 13.8 Å². The third-order valence-electron chi connectivity index (χ3n) is 4.45. The molecule has 1 N–H and O–H groups in total. The van der Waals surface area contributed by atoms with E-state index >= 15 is 0 Å². The SMILES string of the molecule is COCCNCC1CCN(CCCCC(C)(C)C#N)CC1. The average molecular weight is 295 g/mol. The van der Waals surface area contributed by atoms with Gasteiger partial charge in [0.15, 0.2) is 0 Å². The number of rotatable bonds is 10. The number of likely N-dealkylation sites (tertiary alicyclic amines) is 1. The molecule has 0 aromatic heterocycles. The van der Waals surface area contributed by atoms with Crippen LogP contribution in [0.4, 0.5) is 0 Å². The molecule has 0 spiro atoms. The van der Waals surface area contributed by atoms with Crippen molar-refractivity contribution in [2.45, 2.75) is 46.0 Å². The second kappa shape index (κ2) is 10.2. The lowest BCUT2D eigenvalue weighted by atomic mass is 9.89. The minimum Gasteiger partial charge on any atom is -0.383 e. The van der Waals surface area contributed by atoms with Crippen molar-refractivity contribution in [2.75, 3.05) is 46.4 Å². The first-order valence-corrected chi connectivity index (χ1v) is 8.40. The van der Waals surface area contributed by atoms with Gasteiger partial charge in [0, 0.05) is 13.7 Å². The lowest BCUT2D eigenvalue weighted by molar-refractivity contribution is 0.170. The molecule has 0 radical (unpaired) electrons. The van der Waals surface area contributed by atoms with Gasteiger partial charge >= 0.3 is 0 Å². The first-order chi connectivity index (χ1) is 10.1. The summed E-state index contributed by atoms with van der Waals surface area (Å²) in [6.45, 7) is 10.6. The molecule has 0 saturated carbocycles. The van der Waals surface area contributed by atoms with Crippen LogP contribution >= 0.6 is 0 Å². The molecular weight excluding hydrogens is 262 g/mol. The van der Waals surface area contributed by atoms with Gasteiger partial charge in [-0.25, -0.2) is 0 Å². The lowest BCUT2D eigenvalue weighted by Gasteiger charge is -2.32. The Morgan fingerprint density at radius 2 is 2.00 bits per heavy atom. The minimum absolute atomic E-state index is 0.152. The van der Waals surface area contributed by atoms with Crippen LogP contribution in [0.5, 0.6) is 0 Å². The number of nitriles is 1. The summed E-state index contributed by atoms with van der Waals surface area (Å²) in [6.07, 6.45) is 6.03. The van der Waals surface area contributed by atoms with E-state index < -0.39 is 0 Å². The van der Waals surface area contributed by atoms with Crippen LogP contribution in [0.1, 0.15) is 46.0 Å². The summed E-state index contributed by atoms with van der Waals surface area (Å²) in [6, 6.07) is 2.38. The Morgan fingerprint density at radius 3 is 2.62 bits per heavy atom. The molecule has 122 valence electrons. The van der Waals surface area contributed by atoms with Crippen LogP contribution in [-0.4, -0.2) is 51.3 Å². The molecule has 1 fully saturated rings. The lowest BCUT2D eigenvalue weighted by Crippen LogP contribution is -2.38.